The molecule has 3 nitrogen and oxygen atoms in total. The van der Waals surface area contributed by atoms with Gasteiger partial charge in [0.15, 0.2) is 5.70 Å². The maximum absolute atomic E-state index is 6.58. The summed E-state index contributed by atoms with van der Waals surface area (Å²) in [6.45, 7) is 13.1. The molecule has 0 aliphatic carbocycles. The van der Waals surface area contributed by atoms with Gasteiger partial charge in [-0.15, -0.1) is 4.99 Å². The third-order valence-electron chi connectivity index (χ3n) is 0.997. The van der Waals surface area contributed by atoms with Crippen molar-refractivity contribution in [1.82, 2.24) is 0 Å². The lowest BCUT2D eigenvalue weighted by atomic mass is 10.4. The van der Waals surface area contributed by atoms with E-state index < -0.39 is 0 Å². The minimum atomic E-state index is 0.255. The van der Waals surface area contributed by atoms with Crippen molar-refractivity contribution in [3.05, 3.63) is 34.4 Å². The third kappa shape index (κ3) is 0.802. The first kappa shape index (κ1) is 5.53. The van der Waals surface area contributed by atoms with Crippen LogP contribution in [0.2, 0.25) is 0 Å². The van der Waals surface area contributed by atoms with Crippen LogP contribution in [0.5, 0.6) is 0 Å². The first-order chi connectivity index (χ1) is 4.38. The molecule has 0 bridgehead atoms. The maximum atomic E-state index is 6.58. The highest BCUT2D eigenvalue weighted by atomic mass is 15.0. The minimum absolute atomic E-state index is 0.255. The van der Waals surface area contributed by atoms with Crippen LogP contribution in [0.3, 0.4) is 0 Å². The average molecular weight is 117 g/mol. The predicted molar refractivity (Wildman–Crippen MR) is 33.3 cm³/mol. The van der Waals surface area contributed by atoms with Gasteiger partial charge in [-0.3, -0.25) is 4.85 Å². The molecule has 0 aromatic rings. The fourth-order valence-electron chi connectivity index (χ4n) is 0.573. The highest BCUT2D eigenvalue weighted by Gasteiger charge is 2.10. The second-order valence-electron chi connectivity index (χ2n) is 1.51. The Morgan fingerprint density at radius 2 is 2.22 bits per heavy atom. The molecule has 9 heavy (non-hydrogen) atoms. The molecule has 3 heteroatoms. The van der Waals surface area contributed by atoms with Gasteiger partial charge in [0.05, 0.1) is 12.8 Å². The standard InChI is InChI=1S/C6H3N3/c1-7-5-3-4-9-6(5)8-2/h4H,3H2. The van der Waals surface area contributed by atoms with E-state index in [-0.39, 0.29) is 5.82 Å². The molecule has 1 aliphatic rings. The molecule has 0 radical (unpaired) electrons. The van der Waals surface area contributed by atoms with Gasteiger partial charge in [0, 0.05) is 6.42 Å². The summed E-state index contributed by atoms with van der Waals surface area (Å²) in [6.07, 6.45) is 2.11. The summed E-state index contributed by atoms with van der Waals surface area (Å²) in [5.74, 6) is 0.255. The van der Waals surface area contributed by atoms with Gasteiger partial charge in [0.25, 0.3) is 5.82 Å². The van der Waals surface area contributed by atoms with E-state index in [1.165, 1.54) is 0 Å². The molecule has 0 amide bonds. The van der Waals surface area contributed by atoms with E-state index in [4.69, 9.17) is 13.1 Å². The van der Waals surface area contributed by atoms with Crippen molar-refractivity contribution in [2.45, 2.75) is 6.42 Å². The summed E-state index contributed by atoms with van der Waals surface area (Å²) in [4.78, 5) is 9.88. The molecule has 0 N–H and O–H groups in total. The fraction of sp³-hybridized carbons (Fsp3) is 0.167. The number of allylic oxidation sites excluding steroid dienone is 1. The molecular weight excluding hydrogens is 114 g/mol. The summed E-state index contributed by atoms with van der Waals surface area (Å²) >= 11 is 0. The van der Waals surface area contributed by atoms with Crippen LogP contribution >= 0.6 is 0 Å². The smallest absolute Gasteiger partial charge is 0.269 e. The van der Waals surface area contributed by atoms with Gasteiger partial charge in [-0.25, -0.2) is 0 Å². The molecule has 1 aliphatic heterocycles. The van der Waals surface area contributed by atoms with E-state index in [9.17, 15) is 0 Å². The van der Waals surface area contributed by atoms with Gasteiger partial charge in [-0.05, 0) is 0 Å². The lowest BCUT2D eigenvalue weighted by Gasteiger charge is -1.81. The Balaban J connectivity index is 3.00. The van der Waals surface area contributed by atoms with E-state index in [1.807, 2.05) is 0 Å². The zero-order valence-corrected chi connectivity index (χ0v) is 4.63. The molecule has 0 fully saturated rings. The fourth-order valence-corrected chi connectivity index (χ4v) is 0.573. The van der Waals surface area contributed by atoms with Crippen molar-refractivity contribution in [1.29, 1.82) is 0 Å². The second kappa shape index (κ2) is 2.11. The normalized spacial score (nSPS) is 15.3. The average Bonchev–Trinajstić information content (AvgIpc) is 2.33. The number of rotatable bonds is 0. The Labute approximate surface area is 53.0 Å². The topological polar surface area (TPSA) is 21.1 Å². The highest BCUT2D eigenvalue weighted by molar-refractivity contribution is 5.68. The number of hydrogen-bond acceptors (Lipinski definition) is 1. The van der Waals surface area contributed by atoms with Crippen LogP contribution in [0.1, 0.15) is 6.42 Å². The lowest BCUT2D eigenvalue weighted by molar-refractivity contribution is 1.35. The van der Waals surface area contributed by atoms with Crippen molar-refractivity contribution in [2.24, 2.45) is 4.99 Å². The van der Waals surface area contributed by atoms with E-state index >= 15 is 0 Å². The molecule has 0 aromatic carbocycles. The molecule has 1 heterocycles. The summed E-state index contributed by atoms with van der Waals surface area (Å²) in [5, 5.41) is 0. The van der Waals surface area contributed by atoms with E-state index in [1.54, 1.807) is 6.21 Å². The molecule has 0 saturated heterocycles. The first-order valence-corrected chi connectivity index (χ1v) is 2.39. The summed E-state index contributed by atoms with van der Waals surface area (Å²) in [7, 11) is 0. The van der Waals surface area contributed by atoms with Crippen LogP contribution in [0.25, 0.3) is 9.69 Å². The maximum Gasteiger partial charge on any atom is 0.269 e. The van der Waals surface area contributed by atoms with Crippen molar-refractivity contribution in [3.8, 4) is 0 Å². The zero-order chi connectivity index (χ0) is 6.69. The number of nitrogens with zero attached hydrogens (tertiary/aromatic N) is 3. The van der Waals surface area contributed by atoms with Crippen LogP contribution in [0.15, 0.2) is 16.5 Å². The zero-order valence-electron chi connectivity index (χ0n) is 4.63. The SMILES string of the molecule is [C-]#[N+]C1=C([N+]#[C-])N=CC1. The number of aliphatic imine (C=N–C) groups is 1. The van der Waals surface area contributed by atoms with Crippen molar-refractivity contribution in [2.75, 3.05) is 0 Å². The quantitative estimate of drug-likeness (QED) is 0.428. The van der Waals surface area contributed by atoms with Gasteiger partial charge in [0.1, 0.15) is 0 Å². The summed E-state index contributed by atoms with van der Waals surface area (Å²) < 4.78 is 0. The third-order valence-corrected chi connectivity index (χ3v) is 0.997. The monoisotopic (exact) mass is 117 g/mol. The molecule has 0 saturated carbocycles. The Morgan fingerprint density at radius 3 is 2.67 bits per heavy atom. The Kier molecular flexibility index (Phi) is 1.29. The summed E-state index contributed by atoms with van der Waals surface area (Å²) in [6, 6.07) is 0. The Morgan fingerprint density at radius 1 is 1.44 bits per heavy atom. The molecule has 0 unspecified atom stereocenters. The van der Waals surface area contributed by atoms with Crippen LogP contribution in [0, 0.1) is 13.1 Å². The van der Waals surface area contributed by atoms with Crippen molar-refractivity contribution < 1.29 is 0 Å². The van der Waals surface area contributed by atoms with Crippen molar-refractivity contribution in [3.63, 3.8) is 0 Å². The van der Waals surface area contributed by atoms with Crippen LogP contribution in [-0.4, -0.2) is 6.21 Å². The second-order valence-corrected chi connectivity index (χ2v) is 1.51. The largest absolute Gasteiger partial charge is 0.372 e. The van der Waals surface area contributed by atoms with E-state index in [0.717, 1.165) is 0 Å². The molecule has 0 aromatic heterocycles. The summed E-state index contributed by atoms with van der Waals surface area (Å²) in [5.41, 5.74) is 0.463. The van der Waals surface area contributed by atoms with Crippen LogP contribution < -0.4 is 0 Å². The first-order valence-electron chi connectivity index (χ1n) is 2.39. The Bertz CT molecular complexity index is 259. The van der Waals surface area contributed by atoms with Crippen molar-refractivity contribution >= 4 is 6.21 Å². The molecular formula is C6H3N3. The molecule has 1 rings (SSSR count). The molecule has 42 valence electrons. The van der Waals surface area contributed by atoms with Crippen LogP contribution in [0.4, 0.5) is 0 Å². The molecule has 0 atom stereocenters. The van der Waals surface area contributed by atoms with Gasteiger partial charge in [-0.1, -0.05) is 6.57 Å². The van der Waals surface area contributed by atoms with Gasteiger partial charge >= 0.3 is 0 Å². The predicted octanol–water partition coefficient (Wildman–Crippen LogP) is 1.47. The van der Waals surface area contributed by atoms with E-state index in [0.29, 0.717) is 12.1 Å². The van der Waals surface area contributed by atoms with Gasteiger partial charge in [0.2, 0.25) is 0 Å². The van der Waals surface area contributed by atoms with Gasteiger partial charge in [-0.2, -0.15) is 0 Å². The van der Waals surface area contributed by atoms with Crippen LogP contribution in [-0.2, 0) is 0 Å². The lowest BCUT2D eigenvalue weighted by Crippen LogP contribution is -1.69. The number of hydrogen-bond donors (Lipinski definition) is 0. The van der Waals surface area contributed by atoms with E-state index in [2.05, 4.69) is 14.7 Å². The molecule has 0 spiro atoms. The highest BCUT2D eigenvalue weighted by Crippen LogP contribution is 2.17. The minimum Gasteiger partial charge on any atom is -0.372 e. The Hall–Kier alpha value is -1.61. The van der Waals surface area contributed by atoms with Gasteiger partial charge < -0.3 is 4.85 Å².